The van der Waals surface area contributed by atoms with Crippen molar-refractivity contribution in [3.05, 3.63) is 76.8 Å². The van der Waals surface area contributed by atoms with Crippen molar-refractivity contribution in [2.24, 2.45) is 0 Å². The standard InChI is InChI=1S/C16H14ClNO/c17-15-8-6-13(7-9-15)12-18-16(10-11-19-18)14-4-2-1-3-5-14/h1-10H,11-12H2. The van der Waals surface area contributed by atoms with Crippen molar-refractivity contribution in [3.8, 4) is 0 Å². The van der Waals surface area contributed by atoms with Gasteiger partial charge in [-0.3, -0.25) is 4.84 Å². The number of hydrogen-bond donors (Lipinski definition) is 0. The second-order valence-electron chi connectivity index (χ2n) is 4.41. The van der Waals surface area contributed by atoms with Crippen molar-refractivity contribution in [1.82, 2.24) is 5.06 Å². The molecule has 0 radical (unpaired) electrons. The van der Waals surface area contributed by atoms with E-state index in [1.54, 1.807) is 0 Å². The largest absolute Gasteiger partial charge is 0.269 e. The van der Waals surface area contributed by atoms with Crippen LogP contribution in [0, 0.1) is 0 Å². The van der Waals surface area contributed by atoms with Gasteiger partial charge in [0.25, 0.3) is 0 Å². The summed E-state index contributed by atoms with van der Waals surface area (Å²) in [5.41, 5.74) is 3.47. The molecule has 0 fully saturated rings. The highest BCUT2D eigenvalue weighted by atomic mass is 35.5. The Morgan fingerprint density at radius 2 is 1.74 bits per heavy atom. The monoisotopic (exact) mass is 271 g/mol. The van der Waals surface area contributed by atoms with Crippen LogP contribution in [0.2, 0.25) is 5.02 Å². The van der Waals surface area contributed by atoms with Gasteiger partial charge in [0, 0.05) is 5.02 Å². The molecule has 0 amide bonds. The van der Waals surface area contributed by atoms with Gasteiger partial charge in [-0.05, 0) is 29.3 Å². The van der Waals surface area contributed by atoms with E-state index in [1.165, 1.54) is 11.1 Å². The molecule has 96 valence electrons. The van der Waals surface area contributed by atoms with Crippen LogP contribution in [0.15, 0.2) is 60.7 Å². The fourth-order valence-electron chi connectivity index (χ4n) is 2.13. The van der Waals surface area contributed by atoms with Crippen molar-refractivity contribution in [2.75, 3.05) is 6.61 Å². The van der Waals surface area contributed by atoms with E-state index in [0.29, 0.717) is 6.61 Å². The van der Waals surface area contributed by atoms with E-state index in [0.717, 1.165) is 17.3 Å². The van der Waals surface area contributed by atoms with E-state index in [9.17, 15) is 0 Å². The molecule has 1 heterocycles. The lowest BCUT2D eigenvalue weighted by molar-refractivity contribution is -0.0873. The maximum atomic E-state index is 5.90. The van der Waals surface area contributed by atoms with E-state index in [-0.39, 0.29) is 0 Å². The Labute approximate surface area is 117 Å². The molecule has 2 aromatic rings. The van der Waals surface area contributed by atoms with E-state index >= 15 is 0 Å². The molecule has 0 saturated carbocycles. The molecule has 3 rings (SSSR count). The Bertz CT molecular complexity index is 577. The third-order valence-electron chi connectivity index (χ3n) is 3.08. The van der Waals surface area contributed by atoms with Crippen molar-refractivity contribution >= 4 is 17.3 Å². The highest BCUT2D eigenvalue weighted by Gasteiger charge is 2.17. The third-order valence-corrected chi connectivity index (χ3v) is 3.34. The predicted molar refractivity (Wildman–Crippen MR) is 77.4 cm³/mol. The minimum absolute atomic E-state index is 0.623. The lowest BCUT2D eigenvalue weighted by Crippen LogP contribution is -2.17. The van der Waals surface area contributed by atoms with Gasteiger partial charge in [-0.1, -0.05) is 54.1 Å². The van der Waals surface area contributed by atoms with E-state index < -0.39 is 0 Å². The summed E-state index contributed by atoms with van der Waals surface area (Å²) in [6.45, 7) is 1.34. The molecule has 0 N–H and O–H groups in total. The molecule has 0 aliphatic carbocycles. The normalized spacial score (nSPS) is 14.6. The van der Waals surface area contributed by atoms with Gasteiger partial charge in [0.2, 0.25) is 0 Å². The highest BCUT2D eigenvalue weighted by molar-refractivity contribution is 6.30. The van der Waals surface area contributed by atoms with Crippen LogP contribution in [0.5, 0.6) is 0 Å². The Hall–Kier alpha value is -1.77. The first kappa shape index (κ1) is 12.3. The summed E-state index contributed by atoms with van der Waals surface area (Å²) in [6, 6.07) is 18.1. The minimum Gasteiger partial charge on any atom is -0.269 e. The third kappa shape index (κ3) is 2.80. The topological polar surface area (TPSA) is 12.5 Å². The maximum absolute atomic E-state index is 5.90. The van der Waals surface area contributed by atoms with Crippen molar-refractivity contribution < 1.29 is 4.84 Å². The molecule has 2 nitrogen and oxygen atoms in total. The summed E-state index contributed by atoms with van der Waals surface area (Å²) in [7, 11) is 0. The fourth-order valence-corrected chi connectivity index (χ4v) is 2.26. The first-order valence-electron chi connectivity index (χ1n) is 6.23. The molecule has 2 aromatic carbocycles. The molecule has 0 atom stereocenters. The van der Waals surface area contributed by atoms with Gasteiger partial charge in [-0.2, -0.15) is 0 Å². The summed E-state index contributed by atoms with van der Waals surface area (Å²) in [4.78, 5) is 5.66. The molecule has 1 aliphatic rings. The quantitative estimate of drug-likeness (QED) is 0.832. The van der Waals surface area contributed by atoms with Crippen molar-refractivity contribution in [2.45, 2.75) is 6.54 Å². The molecule has 19 heavy (non-hydrogen) atoms. The first-order chi connectivity index (χ1) is 9.33. The van der Waals surface area contributed by atoms with Crippen LogP contribution < -0.4 is 0 Å². The second kappa shape index (κ2) is 5.47. The molecule has 0 unspecified atom stereocenters. The summed E-state index contributed by atoms with van der Waals surface area (Å²) >= 11 is 5.90. The average molecular weight is 272 g/mol. The molecule has 3 heteroatoms. The highest BCUT2D eigenvalue weighted by Crippen LogP contribution is 2.26. The van der Waals surface area contributed by atoms with Crippen LogP contribution >= 0.6 is 11.6 Å². The van der Waals surface area contributed by atoms with E-state index in [1.807, 2.05) is 47.5 Å². The number of nitrogens with zero attached hydrogens (tertiary/aromatic N) is 1. The maximum Gasteiger partial charge on any atom is 0.0954 e. The zero-order valence-electron chi connectivity index (χ0n) is 10.4. The van der Waals surface area contributed by atoms with Gasteiger partial charge >= 0.3 is 0 Å². The van der Waals surface area contributed by atoms with E-state index in [4.69, 9.17) is 16.4 Å². The second-order valence-corrected chi connectivity index (χ2v) is 4.85. The zero-order chi connectivity index (χ0) is 13.1. The number of hydroxylamine groups is 2. The van der Waals surface area contributed by atoms with Crippen LogP contribution in [-0.4, -0.2) is 11.7 Å². The van der Waals surface area contributed by atoms with Gasteiger partial charge in [-0.25, -0.2) is 5.06 Å². The van der Waals surface area contributed by atoms with Gasteiger partial charge < -0.3 is 0 Å². The molecule has 0 spiro atoms. The molecule has 1 aliphatic heterocycles. The number of halogens is 1. The molecule has 0 saturated heterocycles. The number of hydrogen-bond acceptors (Lipinski definition) is 2. The van der Waals surface area contributed by atoms with Gasteiger partial charge in [0.15, 0.2) is 0 Å². The Balaban J connectivity index is 1.78. The van der Waals surface area contributed by atoms with Crippen LogP contribution in [0.1, 0.15) is 11.1 Å². The smallest absolute Gasteiger partial charge is 0.0954 e. The summed E-state index contributed by atoms with van der Waals surface area (Å²) in [5, 5.41) is 2.68. The average Bonchev–Trinajstić information content (AvgIpc) is 2.90. The number of rotatable bonds is 3. The first-order valence-corrected chi connectivity index (χ1v) is 6.61. The van der Waals surface area contributed by atoms with Gasteiger partial charge in [0.05, 0.1) is 18.8 Å². The van der Waals surface area contributed by atoms with E-state index in [2.05, 4.69) is 18.2 Å². The molecular formula is C16H14ClNO. The molecular weight excluding hydrogens is 258 g/mol. The summed E-state index contributed by atoms with van der Waals surface area (Å²) < 4.78 is 0. The lowest BCUT2D eigenvalue weighted by atomic mass is 10.1. The van der Waals surface area contributed by atoms with Gasteiger partial charge in [0.1, 0.15) is 0 Å². The Morgan fingerprint density at radius 1 is 1.00 bits per heavy atom. The van der Waals surface area contributed by atoms with Crippen LogP contribution in [-0.2, 0) is 11.4 Å². The SMILES string of the molecule is Clc1ccc(CN2OCC=C2c2ccccc2)cc1. The van der Waals surface area contributed by atoms with Crippen LogP contribution in [0.3, 0.4) is 0 Å². The van der Waals surface area contributed by atoms with Crippen molar-refractivity contribution in [1.29, 1.82) is 0 Å². The Morgan fingerprint density at radius 3 is 2.47 bits per heavy atom. The zero-order valence-corrected chi connectivity index (χ0v) is 11.2. The lowest BCUT2D eigenvalue weighted by Gasteiger charge is -2.21. The van der Waals surface area contributed by atoms with Crippen LogP contribution in [0.4, 0.5) is 0 Å². The van der Waals surface area contributed by atoms with Crippen molar-refractivity contribution in [3.63, 3.8) is 0 Å². The number of benzene rings is 2. The molecule has 0 bridgehead atoms. The molecule has 0 aromatic heterocycles. The van der Waals surface area contributed by atoms with Gasteiger partial charge in [-0.15, -0.1) is 0 Å². The Kier molecular flexibility index (Phi) is 3.53. The fraction of sp³-hybridized carbons (Fsp3) is 0.125. The summed E-state index contributed by atoms with van der Waals surface area (Å²) in [5.74, 6) is 0. The minimum atomic E-state index is 0.623. The van der Waals surface area contributed by atoms with Crippen LogP contribution in [0.25, 0.3) is 5.70 Å². The predicted octanol–water partition coefficient (Wildman–Crippen LogP) is 4.13. The summed E-state index contributed by atoms with van der Waals surface area (Å²) in [6.07, 6.45) is 2.10.